The van der Waals surface area contributed by atoms with Crippen LogP contribution < -0.4 is 0 Å². The van der Waals surface area contributed by atoms with Gasteiger partial charge in [0.05, 0.1) is 17.0 Å². The van der Waals surface area contributed by atoms with Crippen molar-refractivity contribution < 1.29 is 22.9 Å². The highest BCUT2D eigenvalue weighted by atomic mass is 19.4. The highest BCUT2D eigenvalue weighted by molar-refractivity contribution is 5.91. The number of nitro benzene ring substituents is 1. The number of unbranched alkanes of at least 4 members (excludes halogenated alkanes) is 2. The van der Waals surface area contributed by atoms with Crippen molar-refractivity contribution in [1.29, 1.82) is 0 Å². The molecule has 1 heterocycles. The van der Waals surface area contributed by atoms with Crippen LogP contribution in [0.5, 0.6) is 0 Å². The fourth-order valence-corrected chi connectivity index (χ4v) is 3.79. The van der Waals surface area contributed by atoms with Crippen LogP contribution in [0.2, 0.25) is 0 Å². The number of halogens is 3. The van der Waals surface area contributed by atoms with Crippen molar-refractivity contribution in [3.05, 3.63) is 105 Å². The number of nitrogens with zero attached hydrogens (tertiary/aromatic N) is 3. The van der Waals surface area contributed by atoms with Crippen LogP contribution in [0.15, 0.2) is 72.9 Å². The maximum Gasteiger partial charge on any atom is 0.416 e. The number of non-ortho nitro benzene ring substituents is 1. The standard InChI is InChI=1S/C27H28F3N3O3/c1-2-3-4-16-32(26(34)15-12-21-10-13-24(14-11-21)33(35)36)20-25-9-6-17-31(25)19-22-7-5-8-23(18-22)27(28,29)30/h5-15,17-18H,2-4,16,19-20H2,1H3. The molecule has 0 saturated heterocycles. The minimum atomic E-state index is -4.41. The smallest absolute Gasteiger partial charge is 0.345 e. The van der Waals surface area contributed by atoms with Gasteiger partial charge in [0.2, 0.25) is 5.91 Å². The summed E-state index contributed by atoms with van der Waals surface area (Å²) in [5.41, 5.74) is 1.27. The molecule has 36 heavy (non-hydrogen) atoms. The SMILES string of the molecule is CCCCCN(Cc1cccn1Cc1cccc(C(F)(F)F)c1)C(=O)C=Cc1ccc([N+](=O)[O-])cc1. The van der Waals surface area contributed by atoms with E-state index in [2.05, 4.69) is 6.92 Å². The Morgan fingerprint density at radius 1 is 1.08 bits per heavy atom. The Balaban J connectivity index is 1.75. The van der Waals surface area contributed by atoms with Crippen molar-refractivity contribution >= 4 is 17.7 Å². The quantitative estimate of drug-likeness (QED) is 0.128. The van der Waals surface area contributed by atoms with E-state index in [-0.39, 0.29) is 18.1 Å². The van der Waals surface area contributed by atoms with Gasteiger partial charge in [-0.05, 0) is 60.0 Å². The second kappa shape index (κ2) is 12.2. The lowest BCUT2D eigenvalue weighted by Crippen LogP contribution is -2.31. The number of amides is 1. The molecule has 0 aliphatic carbocycles. The summed E-state index contributed by atoms with van der Waals surface area (Å²) in [6, 6.07) is 14.8. The second-order valence-electron chi connectivity index (χ2n) is 8.47. The van der Waals surface area contributed by atoms with Crippen molar-refractivity contribution in [3.63, 3.8) is 0 Å². The molecule has 0 radical (unpaired) electrons. The fourth-order valence-electron chi connectivity index (χ4n) is 3.79. The molecule has 0 aliphatic heterocycles. The lowest BCUT2D eigenvalue weighted by molar-refractivity contribution is -0.384. The molecule has 3 aromatic rings. The van der Waals surface area contributed by atoms with Gasteiger partial charge in [-0.15, -0.1) is 0 Å². The molecule has 190 valence electrons. The number of hydrogen-bond donors (Lipinski definition) is 0. The van der Waals surface area contributed by atoms with Crippen molar-refractivity contribution in [1.82, 2.24) is 9.47 Å². The Kier molecular flexibility index (Phi) is 9.05. The molecule has 1 amide bonds. The van der Waals surface area contributed by atoms with Gasteiger partial charge in [-0.1, -0.05) is 31.9 Å². The lowest BCUT2D eigenvalue weighted by atomic mass is 10.1. The number of carbonyl (C=O) groups excluding carboxylic acids is 1. The summed E-state index contributed by atoms with van der Waals surface area (Å²) in [5.74, 6) is -0.212. The van der Waals surface area contributed by atoms with E-state index in [1.165, 1.54) is 24.3 Å². The molecule has 6 nitrogen and oxygen atoms in total. The molecule has 0 bridgehead atoms. The molecular weight excluding hydrogens is 471 g/mol. The summed E-state index contributed by atoms with van der Waals surface area (Å²) in [4.78, 5) is 25.1. The molecule has 0 aliphatic rings. The number of aromatic nitrogens is 1. The maximum absolute atomic E-state index is 13.1. The minimum Gasteiger partial charge on any atom is -0.345 e. The number of rotatable bonds is 11. The third-order valence-electron chi connectivity index (χ3n) is 5.75. The van der Waals surface area contributed by atoms with Crippen molar-refractivity contribution in [2.75, 3.05) is 6.54 Å². The summed E-state index contributed by atoms with van der Waals surface area (Å²) in [5, 5.41) is 10.8. The maximum atomic E-state index is 13.1. The van der Waals surface area contributed by atoms with E-state index in [1.807, 2.05) is 16.7 Å². The minimum absolute atomic E-state index is 0.0267. The van der Waals surface area contributed by atoms with Crippen LogP contribution >= 0.6 is 0 Å². The average molecular weight is 500 g/mol. The first-order valence-electron chi connectivity index (χ1n) is 11.7. The van der Waals surface area contributed by atoms with Crippen LogP contribution in [0, 0.1) is 10.1 Å². The summed E-state index contributed by atoms with van der Waals surface area (Å²) < 4.78 is 41.1. The molecule has 0 N–H and O–H groups in total. The largest absolute Gasteiger partial charge is 0.416 e. The third-order valence-corrected chi connectivity index (χ3v) is 5.75. The number of carbonyl (C=O) groups is 1. The summed E-state index contributed by atoms with van der Waals surface area (Å²) >= 11 is 0. The van der Waals surface area contributed by atoms with Crippen LogP contribution in [0.1, 0.15) is 48.6 Å². The Hall–Kier alpha value is -3.88. The van der Waals surface area contributed by atoms with Crippen LogP contribution in [0.25, 0.3) is 6.08 Å². The first-order valence-corrected chi connectivity index (χ1v) is 11.7. The van der Waals surface area contributed by atoms with E-state index in [4.69, 9.17) is 0 Å². The van der Waals surface area contributed by atoms with Gasteiger partial charge in [-0.25, -0.2) is 0 Å². The van der Waals surface area contributed by atoms with E-state index < -0.39 is 16.7 Å². The molecule has 0 spiro atoms. The van der Waals surface area contributed by atoms with Crippen molar-refractivity contribution in [2.45, 2.75) is 45.5 Å². The predicted molar refractivity (Wildman–Crippen MR) is 132 cm³/mol. The van der Waals surface area contributed by atoms with Gasteiger partial charge in [-0.2, -0.15) is 13.2 Å². The first-order chi connectivity index (χ1) is 17.2. The monoisotopic (exact) mass is 499 g/mol. The Morgan fingerprint density at radius 2 is 1.83 bits per heavy atom. The van der Waals surface area contributed by atoms with Crippen LogP contribution in [-0.2, 0) is 24.1 Å². The van der Waals surface area contributed by atoms with E-state index >= 15 is 0 Å². The number of benzene rings is 2. The van der Waals surface area contributed by atoms with E-state index in [9.17, 15) is 28.1 Å². The van der Waals surface area contributed by atoms with Gasteiger partial charge in [0.15, 0.2) is 0 Å². The Labute approximate surface area is 207 Å². The normalized spacial score (nSPS) is 11.7. The van der Waals surface area contributed by atoms with Gasteiger partial charge >= 0.3 is 6.18 Å². The zero-order valence-electron chi connectivity index (χ0n) is 19.9. The van der Waals surface area contributed by atoms with E-state index in [1.54, 1.807) is 35.4 Å². The molecule has 0 atom stereocenters. The fraction of sp³-hybridized carbons (Fsp3) is 0.296. The molecule has 0 saturated carbocycles. The molecule has 0 unspecified atom stereocenters. The first kappa shape index (κ1) is 26.7. The number of nitro groups is 1. The summed E-state index contributed by atoms with van der Waals surface area (Å²) in [7, 11) is 0. The Bertz CT molecular complexity index is 1200. The summed E-state index contributed by atoms with van der Waals surface area (Å²) in [6.45, 7) is 3.16. The third kappa shape index (κ3) is 7.56. The van der Waals surface area contributed by atoms with Gasteiger partial charge in [-0.3, -0.25) is 14.9 Å². The molecule has 0 fully saturated rings. The van der Waals surface area contributed by atoms with Crippen molar-refractivity contribution in [2.24, 2.45) is 0 Å². The van der Waals surface area contributed by atoms with Crippen LogP contribution in [0.3, 0.4) is 0 Å². The molecule has 3 rings (SSSR count). The van der Waals surface area contributed by atoms with Gasteiger partial charge in [0.25, 0.3) is 5.69 Å². The van der Waals surface area contributed by atoms with Crippen LogP contribution in [0.4, 0.5) is 18.9 Å². The van der Waals surface area contributed by atoms with Gasteiger partial charge < -0.3 is 9.47 Å². The number of hydrogen-bond acceptors (Lipinski definition) is 3. The topological polar surface area (TPSA) is 68.4 Å². The molecule has 2 aromatic carbocycles. The highest BCUT2D eigenvalue weighted by Crippen LogP contribution is 2.29. The predicted octanol–water partition coefficient (Wildman–Crippen LogP) is 6.70. The second-order valence-corrected chi connectivity index (χ2v) is 8.47. The van der Waals surface area contributed by atoms with Crippen molar-refractivity contribution in [3.8, 4) is 0 Å². The van der Waals surface area contributed by atoms with E-state index in [0.717, 1.165) is 37.1 Å². The zero-order chi connectivity index (χ0) is 26.1. The molecular formula is C27H28F3N3O3. The highest BCUT2D eigenvalue weighted by Gasteiger charge is 2.30. The molecule has 1 aromatic heterocycles. The van der Waals surface area contributed by atoms with Gasteiger partial charge in [0, 0.05) is 43.2 Å². The van der Waals surface area contributed by atoms with Crippen LogP contribution in [-0.4, -0.2) is 26.8 Å². The molecule has 9 heteroatoms. The Morgan fingerprint density at radius 3 is 2.50 bits per heavy atom. The number of alkyl halides is 3. The van der Waals surface area contributed by atoms with E-state index in [0.29, 0.717) is 24.2 Å². The van der Waals surface area contributed by atoms with Gasteiger partial charge in [0.1, 0.15) is 0 Å². The lowest BCUT2D eigenvalue weighted by Gasteiger charge is -2.22. The summed E-state index contributed by atoms with van der Waals surface area (Å²) in [6.07, 6.45) is 3.20. The zero-order valence-corrected chi connectivity index (χ0v) is 19.9. The average Bonchev–Trinajstić information content (AvgIpc) is 3.28.